The summed E-state index contributed by atoms with van der Waals surface area (Å²) in [5.41, 5.74) is 1.62. The molecule has 1 fully saturated rings. The van der Waals surface area contributed by atoms with Gasteiger partial charge in [0.2, 0.25) is 0 Å². The quantitative estimate of drug-likeness (QED) is 0.318. The third-order valence-corrected chi connectivity index (χ3v) is 5.42. The summed E-state index contributed by atoms with van der Waals surface area (Å²) in [6.45, 7) is 5.66. The van der Waals surface area contributed by atoms with E-state index in [0.717, 1.165) is 5.56 Å². The van der Waals surface area contributed by atoms with Crippen molar-refractivity contribution in [3.63, 3.8) is 0 Å². The van der Waals surface area contributed by atoms with Crippen molar-refractivity contribution in [3.05, 3.63) is 101 Å². The monoisotopic (exact) mass is 445 g/mol. The van der Waals surface area contributed by atoms with E-state index in [0.29, 0.717) is 17.0 Å². The van der Waals surface area contributed by atoms with Crippen molar-refractivity contribution in [1.29, 1.82) is 0 Å². The van der Waals surface area contributed by atoms with Crippen molar-refractivity contribution in [2.45, 2.75) is 32.9 Å². The average molecular weight is 445 g/mol. The van der Waals surface area contributed by atoms with Gasteiger partial charge in [0.15, 0.2) is 0 Å². The third-order valence-electron chi connectivity index (χ3n) is 5.42. The molecule has 1 heterocycles. The van der Waals surface area contributed by atoms with Crippen molar-refractivity contribution in [3.8, 4) is 5.75 Å². The molecular weight excluding hydrogens is 421 g/mol. The molecule has 3 aromatic carbocycles. The second kappa shape index (κ2) is 8.90. The standard InChI is InChI=1S/C27H24FNO4/c1-16(2)33-20-13-11-18(12-14-20)25(30)23-24(21-9-4-5-10-22(21)28)29(27(32)26(23)31)19-8-6-7-17(3)15-19/h4-16,24,30H,1-3H3/b25-23+. The Kier molecular flexibility index (Phi) is 6.01. The highest BCUT2D eigenvalue weighted by Crippen LogP contribution is 2.43. The minimum atomic E-state index is -1.11. The van der Waals surface area contributed by atoms with Gasteiger partial charge in [-0.2, -0.15) is 0 Å². The van der Waals surface area contributed by atoms with E-state index < -0.39 is 23.5 Å². The predicted molar refractivity (Wildman–Crippen MR) is 125 cm³/mol. The summed E-state index contributed by atoms with van der Waals surface area (Å²) >= 11 is 0. The Labute approximate surface area is 191 Å². The van der Waals surface area contributed by atoms with Crippen molar-refractivity contribution >= 4 is 23.1 Å². The van der Waals surface area contributed by atoms with Gasteiger partial charge in [-0.1, -0.05) is 30.3 Å². The number of hydrogen-bond acceptors (Lipinski definition) is 4. The van der Waals surface area contributed by atoms with Gasteiger partial charge in [-0.05, 0) is 68.8 Å². The molecule has 1 aliphatic rings. The Hall–Kier alpha value is -3.93. The van der Waals surface area contributed by atoms with Crippen LogP contribution in [0.1, 0.15) is 36.6 Å². The number of ether oxygens (including phenoxy) is 1. The van der Waals surface area contributed by atoms with Crippen LogP contribution >= 0.6 is 0 Å². The Bertz CT molecular complexity index is 1250. The molecule has 1 N–H and O–H groups in total. The molecule has 0 aromatic heterocycles. The van der Waals surface area contributed by atoms with E-state index in [9.17, 15) is 19.1 Å². The molecular formula is C27H24FNO4. The molecule has 0 radical (unpaired) electrons. The Balaban J connectivity index is 1.89. The molecule has 0 bridgehead atoms. The van der Waals surface area contributed by atoms with Crippen LogP contribution < -0.4 is 9.64 Å². The van der Waals surface area contributed by atoms with Gasteiger partial charge in [-0.15, -0.1) is 0 Å². The smallest absolute Gasteiger partial charge is 0.300 e. The van der Waals surface area contributed by atoms with Gasteiger partial charge in [0.25, 0.3) is 11.7 Å². The van der Waals surface area contributed by atoms with E-state index in [1.807, 2.05) is 26.8 Å². The number of aryl methyl sites for hydroxylation is 1. The Morgan fingerprint density at radius 3 is 2.33 bits per heavy atom. The number of ketones is 1. The number of anilines is 1. The minimum Gasteiger partial charge on any atom is -0.507 e. The van der Waals surface area contributed by atoms with Crippen LogP contribution in [0.4, 0.5) is 10.1 Å². The van der Waals surface area contributed by atoms with Gasteiger partial charge < -0.3 is 9.84 Å². The molecule has 4 rings (SSSR count). The first-order valence-corrected chi connectivity index (χ1v) is 10.7. The van der Waals surface area contributed by atoms with Crippen LogP contribution in [0.25, 0.3) is 5.76 Å². The minimum absolute atomic E-state index is 0.0230. The third kappa shape index (κ3) is 4.24. The van der Waals surface area contributed by atoms with Gasteiger partial charge in [0, 0.05) is 16.8 Å². The van der Waals surface area contributed by atoms with Crippen LogP contribution in [-0.4, -0.2) is 22.9 Å². The molecule has 1 unspecified atom stereocenters. The number of halogens is 1. The maximum absolute atomic E-state index is 14.9. The molecule has 5 nitrogen and oxygen atoms in total. The van der Waals surface area contributed by atoms with Crippen LogP contribution in [0.3, 0.4) is 0 Å². The summed E-state index contributed by atoms with van der Waals surface area (Å²) in [7, 11) is 0. The number of nitrogens with zero attached hydrogens (tertiary/aromatic N) is 1. The number of hydrogen-bond donors (Lipinski definition) is 1. The number of benzene rings is 3. The topological polar surface area (TPSA) is 66.8 Å². The number of amides is 1. The van der Waals surface area contributed by atoms with Crippen LogP contribution in [0.2, 0.25) is 0 Å². The maximum Gasteiger partial charge on any atom is 0.300 e. The van der Waals surface area contributed by atoms with Crippen LogP contribution in [0.5, 0.6) is 5.75 Å². The molecule has 6 heteroatoms. The molecule has 1 amide bonds. The highest BCUT2D eigenvalue weighted by Gasteiger charge is 2.47. The summed E-state index contributed by atoms with van der Waals surface area (Å²) in [5, 5.41) is 11.1. The maximum atomic E-state index is 14.9. The van der Waals surface area contributed by atoms with Crippen LogP contribution in [0, 0.1) is 12.7 Å². The molecule has 3 aromatic rings. The van der Waals surface area contributed by atoms with Crippen LogP contribution in [-0.2, 0) is 9.59 Å². The van der Waals surface area contributed by atoms with E-state index >= 15 is 0 Å². The highest BCUT2D eigenvalue weighted by molar-refractivity contribution is 6.51. The van der Waals surface area contributed by atoms with Gasteiger partial charge in [0.1, 0.15) is 17.3 Å². The zero-order chi connectivity index (χ0) is 23.7. The van der Waals surface area contributed by atoms with Gasteiger partial charge in [-0.3, -0.25) is 14.5 Å². The Morgan fingerprint density at radius 1 is 1.00 bits per heavy atom. The second-order valence-corrected chi connectivity index (χ2v) is 8.22. The largest absolute Gasteiger partial charge is 0.507 e. The van der Waals surface area contributed by atoms with Crippen molar-refractivity contribution in [2.24, 2.45) is 0 Å². The first-order valence-electron chi connectivity index (χ1n) is 10.7. The molecule has 1 saturated heterocycles. The lowest BCUT2D eigenvalue weighted by atomic mass is 9.94. The van der Waals surface area contributed by atoms with Crippen molar-refractivity contribution < 1.29 is 23.8 Å². The zero-order valence-electron chi connectivity index (χ0n) is 18.6. The SMILES string of the molecule is Cc1cccc(N2C(=O)C(=O)/C(=C(/O)c3ccc(OC(C)C)cc3)C2c2ccccc2F)c1. The second-order valence-electron chi connectivity index (χ2n) is 8.22. The predicted octanol–water partition coefficient (Wildman–Crippen LogP) is 5.55. The number of carbonyl (C=O) groups is 2. The zero-order valence-corrected chi connectivity index (χ0v) is 18.6. The number of aliphatic hydroxyl groups excluding tert-OH is 1. The average Bonchev–Trinajstić information content (AvgIpc) is 3.04. The molecule has 1 atom stereocenters. The summed E-state index contributed by atoms with van der Waals surface area (Å²) in [4.78, 5) is 27.5. The summed E-state index contributed by atoms with van der Waals surface area (Å²) in [6, 6.07) is 18.4. The fourth-order valence-electron chi connectivity index (χ4n) is 3.99. The molecule has 1 aliphatic heterocycles. The van der Waals surface area contributed by atoms with Gasteiger partial charge in [-0.25, -0.2) is 4.39 Å². The number of rotatable bonds is 5. The summed E-state index contributed by atoms with van der Waals surface area (Å²) in [6.07, 6.45) is -0.0230. The van der Waals surface area contributed by atoms with E-state index in [-0.39, 0.29) is 23.0 Å². The summed E-state index contributed by atoms with van der Waals surface area (Å²) < 4.78 is 20.5. The fraction of sp³-hybridized carbons (Fsp3) is 0.185. The van der Waals surface area contributed by atoms with Gasteiger partial charge >= 0.3 is 0 Å². The molecule has 0 saturated carbocycles. The first kappa shape index (κ1) is 22.3. The molecule has 0 aliphatic carbocycles. The lowest BCUT2D eigenvalue weighted by Crippen LogP contribution is -2.29. The molecule has 33 heavy (non-hydrogen) atoms. The van der Waals surface area contributed by atoms with Crippen molar-refractivity contribution in [2.75, 3.05) is 4.90 Å². The Morgan fingerprint density at radius 2 is 1.70 bits per heavy atom. The van der Waals surface area contributed by atoms with E-state index in [4.69, 9.17) is 4.74 Å². The lowest BCUT2D eigenvalue weighted by molar-refractivity contribution is -0.132. The number of carbonyl (C=O) groups excluding carboxylic acids is 2. The van der Waals surface area contributed by atoms with Crippen molar-refractivity contribution in [1.82, 2.24) is 0 Å². The lowest BCUT2D eigenvalue weighted by Gasteiger charge is -2.26. The van der Waals surface area contributed by atoms with E-state index in [1.165, 1.54) is 23.1 Å². The number of Topliss-reactive ketones (excluding diaryl/α,β-unsaturated/α-hetero) is 1. The number of aliphatic hydroxyl groups is 1. The fourth-order valence-corrected chi connectivity index (χ4v) is 3.99. The first-order chi connectivity index (χ1) is 15.8. The van der Waals surface area contributed by atoms with Gasteiger partial charge in [0.05, 0.1) is 17.7 Å². The van der Waals surface area contributed by atoms with E-state index in [2.05, 4.69) is 0 Å². The molecule has 168 valence electrons. The summed E-state index contributed by atoms with van der Waals surface area (Å²) in [5.74, 6) is -2.03. The van der Waals surface area contributed by atoms with E-state index in [1.54, 1.807) is 48.5 Å². The normalized spacial score (nSPS) is 17.6. The highest BCUT2D eigenvalue weighted by atomic mass is 19.1. The van der Waals surface area contributed by atoms with Crippen LogP contribution in [0.15, 0.2) is 78.4 Å². The molecule has 0 spiro atoms.